The van der Waals surface area contributed by atoms with Gasteiger partial charge in [-0.05, 0) is 0 Å². The monoisotopic (exact) mass is 313 g/mol. The van der Waals surface area contributed by atoms with Crippen LogP contribution < -0.4 is 44.2 Å². The molecule has 0 saturated heterocycles. The van der Waals surface area contributed by atoms with Crippen molar-refractivity contribution in [1.82, 2.24) is 0 Å². The molecule has 11 heteroatoms. The first-order valence-electron chi connectivity index (χ1n) is 0.730. The number of hydrogen-bond acceptors (Lipinski definition) is 5. The fourth-order valence-electron chi connectivity index (χ4n) is 0. The van der Waals surface area contributed by atoms with Crippen LogP contribution >= 0.6 is 7.82 Å². The molecule has 0 bridgehead atoms. The second kappa shape index (κ2) is 23.6. The van der Waals surface area contributed by atoms with Gasteiger partial charge < -0.3 is 24.7 Å². The molecule has 0 atom stereocenters. The number of phosphoric acid groups is 1. The van der Waals surface area contributed by atoms with E-state index in [9.17, 15) is 0 Å². The topological polar surface area (TPSA) is 116 Å². The summed E-state index contributed by atoms with van der Waals surface area (Å²) >= 11 is 0. The molecule has 5 nitrogen and oxygen atoms in total. The summed E-state index contributed by atoms with van der Waals surface area (Å²) < 4.78 is 8.55. The van der Waals surface area contributed by atoms with Gasteiger partial charge in [0.15, 0.2) is 0 Å². The van der Waals surface area contributed by atoms with Crippen LogP contribution in [0.5, 0.6) is 0 Å². The van der Waals surface area contributed by atoms with Crippen LogP contribution in [0, 0.1) is 0 Å². The fourth-order valence-corrected chi connectivity index (χ4v) is 0. The summed E-state index contributed by atoms with van der Waals surface area (Å²) in [7, 11) is -5.39. The van der Waals surface area contributed by atoms with Gasteiger partial charge in [-0.3, -0.25) is 0 Å². The first-order chi connectivity index (χ1) is 2.00. The molecule has 0 amide bonds. The van der Waals surface area contributed by atoms with Crippen molar-refractivity contribution in [3.8, 4) is 0 Å². The quantitative estimate of drug-likeness (QED) is 0.325. The summed E-state index contributed by atoms with van der Waals surface area (Å²) in [6.45, 7) is 0. The van der Waals surface area contributed by atoms with E-state index in [0.29, 0.717) is 0 Å². The third kappa shape index (κ3) is 129. The van der Waals surface area contributed by atoms with E-state index in [0.717, 1.165) is 0 Å². The minimum absolute atomic E-state index is 0. The molecule has 1 radical (unpaired) electrons. The Labute approximate surface area is 148 Å². The molecule has 11 heavy (non-hydrogen) atoms. The zero-order chi connectivity index (χ0) is 4.50. The van der Waals surface area contributed by atoms with Gasteiger partial charge in [-0.25, -0.2) is 0 Å². The van der Waals surface area contributed by atoms with Gasteiger partial charge in [0.2, 0.25) is 0 Å². The Bertz CT molecular complexity index is 72.6. The Kier molecular flexibility index (Phi) is 99.0. The molecule has 0 unspecified atom stereocenters. The molecule has 0 aromatic rings. The second-order valence-corrected chi connectivity index (χ2v) is 1.34. The van der Waals surface area contributed by atoms with Gasteiger partial charge in [0.05, 0.1) is 0 Å². The summed E-state index contributed by atoms with van der Waals surface area (Å²) in [6.07, 6.45) is 0. The van der Waals surface area contributed by atoms with Gasteiger partial charge >= 0.3 is 119 Å². The Morgan fingerprint density at radius 2 is 1.09 bits per heavy atom. The predicted octanol–water partition coefficient (Wildman–Crippen LogP) is -6.76. The molecule has 0 spiro atoms. The van der Waals surface area contributed by atoms with Crippen molar-refractivity contribution < 1.29 is 88.4 Å². The van der Waals surface area contributed by atoms with Gasteiger partial charge in [0.25, 0.3) is 0 Å². The van der Waals surface area contributed by atoms with Crippen LogP contribution in [-0.2, 0) is 38.7 Å². The minimum Gasteiger partial charge on any atom is -0.870 e. The largest absolute Gasteiger partial charge is 3.00 e. The fraction of sp³-hybridized carbons (Fsp3) is 0. The summed E-state index contributed by atoms with van der Waals surface area (Å²) in [5.41, 5.74) is 0. The Balaban J connectivity index is -0.00000000533. The molecule has 0 aliphatic carbocycles. The smallest absolute Gasteiger partial charge is 0.870 e. The van der Waals surface area contributed by atoms with E-state index >= 15 is 0 Å². The molecule has 0 aromatic heterocycles. The van der Waals surface area contributed by atoms with E-state index < -0.39 is 7.82 Å². The molecule has 0 rings (SSSR count). The van der Waals surface area contributed by atoms with Gasteiger partial charge in [-0.2, -0.15) is 7.82 Å². The Morgan fingerprint density at radius 3 is 1.09 bits per heavy atom. The standard InChI is InChI=1S/Al.Ca.Fe.Mn.Na.H3O4P.H2O/c;;;;;1-5(2,3)4;/h;;;;;(H3,1,2,3,4);1H2/q+3;3*+2;+1;;/p-4. The molecular formula is HAlCaFeMnNaO5P+6. The van der Waals surface area contributed by atoms with Crippen molar-refractivity contribution in [3.63, 3.8) is 0 Å². The van der Waals surface area contributed by atoms with Crippen molar-refractivity contribution >= 4 is 62.9 Å². The first kappa shape index (κ1) is 46.1. The summed E-state index contributed by atoms with van der Waals surface area (Å²) in [4.78, 5) is 25.6. The zero-order valence-electron chi connectivity index (χ0n) is 5.54. The molecular weight excluding hydrogens is 312 g/mol. The SMILES string of the molecule is O=P([O-])([O-])[O-].[Al+3].[Ca+2].[Fe+2].[Mn+2].[Na+].[OH-]. The molecule has 0 aromatic carbocycles. The van der Waals surface area contributed by atoms with Crippen molar-refractivity contribution in [2.75, 3.05) is 0 Å². The molecule has 1 N–H and O–H groups in total. The van der Waals surface area contributed by atoms with Crippen molar-refractivity contribution in [2.45, 2.75) is 0 Å². The maximum Gasteiger partial charge on any atom is 3.00 e. The number of rotatable bonds is 0. The molecule has 51 valence electrons. The first-order valence-corrected chi connectivity index (χ1v) is 2.19. The van der Waals surface area contributed by atoms with Crippen LogP contribution in [-0.4, -0.2) is 60.6 Å². The zero-order valence-corrected chi connectivity index (χ0v) is 14.1. The molecule has 0 fully saturated rings. The van der Waals surface area contributed by atoms with Crippen LogP contribution in [0.25, 0.3) is 0 Å². The maximum atomic E-state index is 8.55. The van der Waals surface area contributed by atoms with Gasteiger partial charge in [0, 0.05) is 0 Å². The minimum atomic E-state index is -5.39. The predicted molar refractivity (Wildman–Crippen MR) is 21.1 cm³/mol. The second-order valence-electron chi connectivity index (χ2n) is 0.447. The summed E-state index contributed by atoms with van der Waals surface area (Å²) in [5.74, 6) is 0. The molecule has 0 saturated carbocycles. The van der Waals surface area contributed by atoms with E-state index in [1.807, 2.05) is 0 Å². The molecule has 0 heterocycles. The van der Waals surface area contributed by atoms with Crippen LogP contribution in [0.4, 0.5) is 0 Å². The maximum absolute atomic E-state index is 8.55. The Morgan fingerprint density at radius 1 is 1.09 bits per heavy atom. The van der Waals surface area contributed by atoms with Gasteiger partial charge in [-0.15, -0.1) is 0 Å². The van der Waals surface area contributed by atoms with E-state index in [4.69, 9.17) is 19.2 Å². The van der Waals surface area contributed by atoms with Crippen LogP contribution in [0.15, 0.2) is 0 Å². The Hall–Kier alpha value is 3.90. The van der Waals surface area contributed by atoms with Gasteiger partial charge in [-0.1, -0.05) is 0 Å². The van der Waals surface area contributed by atoms with Crippen molar-refractivity contribution in [3.05, 3.63) is 0 Å². The van der Waals surface area contributed by atoms with E-state index in [2.05, 4.69) is 0 Å². The normalized spacial score (nSPS) is 5.36. The van der Waals surface area contributed by atoms with E-state index in [-0.39, 0.29) is 124 Å². The third-order valence-electron chi connectivity index (χ3n) is 0. The van der Waals surface area contributed by atoms with Crippen molar-refractivity contribution in [1.29, 1.82) is 0 Å². The van der Waals surface area contributed by atoms with Gasteiger partial charge in [0.1, 0.15) is 0 Å². The molecule has 0 aliphatic heterocycles. The van der Waals surface area contributed by atoms with E-state index in [1.54, 1.807) is 0 Å². The average Bonchev–Trinajstić information content (AvgIpc) is 0.722. The molecule has 0 aliphatic rings. The number of hydrogen-bond donors (Lipinski definition) is 0. The van der Waals surface area contributed by atoms with E-state index in [1.165, 1.54) is 0 Å². The summed E-state index contributed by atoms with van der Waals surface area (Å²) in [6, 6.07) is 0. The van der Waals surface area contributed by atoms with Crippen LogP contribution in [0.2, 0.25) is 0 Å². The van der Waals surface area contributed by atoms with Crippen molar-refractivity contribution in [2.24, 2.45) is 0 Å². The van der Waals surface area contributed by atoms with Crippen LogP contribution in [0.1, 0.15) is 0 Å². The third-order valence-corrected chi connectivity index (χ3v) is 0. The average molecular weight is 313 g/mol. The van der Waals surface area contributed by atoms with Crippen LogP contribution in [0.3, 0.4) is 0 Å². The summed E-state index contributed by atoms with van der Waals surface area (Å²) in [5, 5.41) is 0.